The fourth-order valence-corrected chi connectivity index (χ4v) is 4.05. The van der Waals surface area contributed by atoms with Crippen LogP contribution in [0.4, 0.5) is 0 Å². The van der Waals surface area contributed by atoms with Crippen LogP contribution in [0.1, 0.15) is 28.3 Å². The summed E-state index contributed by atoms with van der Waals surface area (Å²) in [5.41, 5.74) is 2.51. The molecule has 0 aromatic heterocycles. The van der Waals surface area contributed by atoms with Crippen LogP contribution in [0.5, 0.6) is 5.75 Å². The van der Waals surface area contributed by atoms with Crippen molar-refractivity contribution in [1.29, 1.82) is 0 Å². The van der Waals surface area contributed by atoms with E-state index in [1.54, 1.807) is 12.1 Å². The van der Waals surface area contributed by atoms with Crippen molar-refractivity contribution in [2.24, 2.45) is 0 Å². The van der Waals surface area contributed by atoms with E-state index in [4.69, 9.17) is 0 Å². The molecule has 2 atom stereocenters. The molecule has 0 saturated carbocycles. The van der Waals surface area contributed by atoms with Gasteiger partial charge in [-0.25, -0.2) is 0 Å². The second-order valence-electron chi connectivity index (χ2n) is 6.70. The van der Waals surface area contributed by atoms with Crippen LogP contribution in [-0.4, -0.2) is 22.2 Å². The van der Waals surface area contributed by atoms with E-state index in [1.165, 1.54) is 0 Å². The number of fused-ring (bicyclic) bond motifs is 1. The largest absolute Gasteiger partial charge is 0.508 e. The Balaban J connectivity index is 1.99. The standard InChI is InChI=1S/C22H21NO2/c1-23-15-17-14-19(24)12-13-20(17)22(25,18-10-6-3-7-11-18)21(23)16-8-4-2-5-9-16/h2-14,21,24-25H,15H2,1H3/t21-,22-/m1/s1. The Kier molecular flexibility index (Phi) is 3.83. The van der Waals surface area contributed by atoms with Crippen molar-refractivity contribution in [3.05, 3.63) is 101 Å². The molecule has 3 nitrogen and oxygen atoms in total. The summed E-state index contributed by atoms with van der Waals surface area (Å²) in [6.45, 7) is 0.665. The molecule has 0 bridgehead atoms. The Bertz CT molecular complexity index is 879. The average Bonchev–Trinajstić information content (AvgIpc) is 2.63. The second-order valence-corrected chi connectivity index (χ2v) is 6.70. The first-order valence-electron chi connectivity index (χ1n) is 8.46. The number of hydrogen-bond acceptors (Lipinski definition) is 3. The maximum atomic E-state index is 12.0. The van der Waals surface area contributed by atoms with Gasteiger partial charge >= 0.3 is 0 Å². The Morgan fingerprint density at radius 2 is 1.56 bits per heavy atom. The van der Waals surface area contributed by atoms with Crippen molar-refractivity contribution in [3.8, 4) is 5.75 Å². The Hall–Kier alpha value is -2.62. The summed E-state index contributed by atoms with van der Waals surface area (Å²) in [7, 11) is 2.01. The van der Waals surface area contributed by atoms with E-state index < -0.39 is 5.60 Å². The summed E-state index contributed by atoms with van der Waals surface area (Å²) >= 11 is 0. The number of nitrogens with zero attached hydrogens (tertiary/aromatic N) is 1. The fourth-order valence-electron chi connectivity index (χ4n) is 4.05. The van der Waals surface area contributed by atoms with Crippen LogP contribution in [0.25, 0.3) is 0 Å². The third kappa shape index (κ3) is 2.53. The summed E-state index contributed by atoms with van der Waals surface area (Å²) in [5.74, 6) is 0.223. The molecule has 3 heteroatoms. The van der Waals surface area contributed by atoms with Crippen LogP contribution in [0.3, 0.4) is 0 Å². The zero-order valence-electron chi connectivity index (χ0n) is 14.1. The number of phenolic OH excluding ortho intramolecular Hbond substituents is 1. The van der Waals surface area contributed by atoms with E-state index in [0.717, 1.165) is 22.3 Å². The van der Waals surface area contributed by atoms with E-state index in [2.05, 4.69) is 17.0 Å². The number of aromatic hydroxyl groups is 1. The molecule has 1 aliphatic rings. The smallest absolute Gasteiger partial charge is 0.134 e. The summed E-state index contributed by atoms with van der Waals surface area (Å²) in [5, 5.41) is 21.9. The zero-order chi connectivity index (χ0) is 17.4. The Morgan fingerprint density at radius 3 is 2.24 bits per heavy atom. The van der Waals surface area contributed by atoms with E-state index in [1.807, 2.05) is 61.6 Å². The average molecular weight is 331 g/mol. The van der Waals surface area contributed by atoms with Crippen molar-refractivity contribution in [2.45, 2.75) is 18.2 Å². The van der Waals surface area contributed by atoms with Gasteiger partial charge in [0.1, 0.15) is 11.4 Å². The first-order valence-corrected chi connectivity index (χ1v) is 8.46. The van der Waals surface area contributed by atoms with Gasteiger partial charge in [0.15, 0.2) is 0 Å². The van der Waals surface area contributed by atoms with Crippen LogP contribution in [0, 0.1) is 0 Å². The SMILES string of the molecule is CN1Cc2cc(O)ccc2[C@](O)(c2ccccc2)[C@H]1c1ccccc1. The van der Waals surface area contributed by atoms with E-state index in [-0.39, 0.29) is 11.8 Å². The van der Waals surface area contributed by atoms with Gasteiger partial charge in [0, 0.05) is 6.54 Å². The van der Waals surface area contributed by atoms with Crippen LogP contribution >= 0.6 is 0 Å². The summed E-state index contributed by atoms with van der Waals surface area (Å²) in [4.78, 5) is 2.14. The molecule has 25 heavy (non-hydrogen) atoms. The first-order chi connectivity index (χ1) is 12.1. The predicted molar refractivity (Wildman–Crippen MR) is 98.2 cm³/mol. The van der Waals surface area contributed by atoms with Crippen molar-refractivity contribution in [3.63, 3.8) is 0 Å². The molecule has 0 amide bonds. The number of benzene rings is 3. The Morgan fingerprint density at radius 1 is 0.920 bits per heavy atom. The van der Waals surface area contributed by atoms with Crippen LogP contribution in [0.2, 0.25) is 0 Å². The number of likely N-dealkylation sites (N-methyl/N-ethyl adjacent to an activating group) is 1. The lowest BCUT2D eigenvalue weighted by atomic mass is 9.72. The van der Waals surface area contributed by atoms with Gasteiger partial charge in [0.25, 0.3) is 0 Å². The number of rotatable bonds is 2. The molecule has 0 radical (unpaired) electrons. The van der Waals surface area contributed by atoms with Crippen molar-refractivity contribution < 1.29 is 10.2 Å². The molecule has 4 rings (SSSR count). The molecule has 0 unspecified atom stereocenters. The lowest BCUT2D eigenvalue weighted by Crippen LogP contribution is -2.47. The second kappa shape index (κ2) is 6.03. The lowest BCUT2D eigenvalue weighted by Gasteiger charge is -2.47. The molecule has 2 N–H and O–H groups in total. The molecular weight excluding hydrogens is 310 g/mol. The zero-order valence-corrected chi connectivity index (χ0v) is 14.1. The van der Waals surface area contributed by atoms with Gasteiger partial charge in [0.05, 0.1) is 6.04 Å². The summed E-state index contributed by atoms with van der Waals surface area (Å²) < 4.78 is 0. The first kappa shape index (κ1) is 15.9. The molecular formula is C22H21NO2. The third-order valence-electron chi connectivity index (χ3n) is 5.08. The van der Waals surface area contributed by atoms with Gasteiger partial charge in [0.2, 0.25) is 0 Å². The summed E-state index contributed by atoms with van der Waals surface area (Å²) in [6.07, 6.45) is 0. The van der Waals surface area contributed by atoms with E-state index in [9.17, 15) is 10.2 Å². The molecule has 126 valence electrons. The maximum Gasteiger partial charge on any atom is 0.134 e. The van der Waals surface area contributed by atoms with Crippen molar-refractivity contribution >= 4 is 0 Å². The quantitative estimate of drug-likeness (QED) is 0.750. The molecule has 3 aromatic rings. The van der Waals surface area contributed by atoms with Gasteiger partial charge in [-0.15, -0.1) is 0 Å². The van der Waals surface area contributed by atoms with Gasteiger partial charge in [-0.3, -0.25) is 4.90 Å². The molecule has 0 aliphatic carbocycles. The minimum atomic E-state index is -1.20. The van der Waals surface area contributed by atoms with Crippen LogP contribution in [0.15, 0.2) is 78.9 Å². The predicted octanol–water partition coefficient (Wildman–Crippen LogP) is 3.81. The van der Waals surface area contributed by atoms with Crippen LogP contribution in [-0.2, 0) is 12.1 Å². The van der Waals surface area contributed by atoms with E-state index >= 15 is 0 Å². The van der Waals surface area contributed by atoms with Gasteiger partial charge in [-0.2, -0.15) is 0 Å². The summed E-state index contributed by atoms with van der Waals surface area (Å²) in [6, 6.07) is 24.9. The number of hydrogen-bond donors (Lipinski definition) is 2. The normalized spacial score (nSPS) is 23.2. The van der Waals surface area contributed by atoms with Gasteiger partial charge < -0.3 is 10.2 Å². The number of aliphatic hydroxyl groups is 1. The minimum Gasteiger partial charge on any atom is -0.508 e. The molecule has 3 aromatic carbocycles. The molecule has 0 fully saturated rings. The lowest BCUT2D eigenvalue weighted by molar-refractivity contribution is -0.0303. The highest BCUT2D eigenvalue weighted by Crippen LogP contribution is 2.49. The van der Waals surface area contributed by atoms with Gasteiger partial charge in [-0.1, -0.05) is 66.7 Å². The highest BCUT2D eigenvalue weighted by molar-refractivity contribution is 5.49. The van der Waals surface area contributed by atoms with E-state index in [0.29, 0.717) is 6.54 Å². The van der Waals surface area contributed by atoms with Crippen molar-refractivity contribution in [2.75, 3.05) is 7.05 Å². The highest BCUT2D eigenvalue weighted by Gasteiger charge is 2.47. The van der Waals surface area contributed by atoms with Gasteiger partial charge in [-0.05, 0) is 41.4 Å². The molecule has 0 saturated heterocycles. The van der Waals surface area contributed by atoms with Crippen LogP contribution < -0.4 is 0 Å². The monoisotopic (exact) mass is 331 g/mol. The maximum absolute atomic E-state index is 12.0. The van der Waals surface area contributed by atoms with Crippen molar-refractivity contribution in [1.82, 2.24) is 4.90 Å². The topological polar surface area (TPSA) is 43.7 Å². The highest BCUT2D eigenvalue weighted by atomic mass is 16.3. The molecule has 1 aliphatic heterocycles. The minimum absolute atomic E-state index is 0.215. The molecule has 0 spiro atoms. The molecule has 1 heterocycles. The fraction of sp³-hybridized carbons (Fsp3) is 0.182. The third-order valence-corrected chi connectivity index (χ3v) is 5.08. The number of phenols is 1. The Labute approximate surface area is 147 Å².